The molecule has 11 heavy (non-hydrogen) atoms. The topological polar surface area (TPSA) is 76.8 Å². The second-order valence-electron chi connectivity index (χ2n) is 2.41. The van der Waals surface area contributed by atoms with Crippen LogP contribution in [0.4, 0.5) is 0 Å². The van der Waals surface area contributed by atoms with Gasteiger partial charge in [0, 0.05) is 17.9 Å². The molecule has 0 aromatic heterocycles. The first-order chi connectivity index (χ1) is 5.29. The third-order valence-electron chi connectivity index (χ3n) is 1.42. The van der Waals surface area contributed by atoms with Gasteiger partial charge in [-0.25, -0.2) is 0 Å². The lowest BCUT2D eigenvalue weighted by molar-refractivity contribution is 0.804. The second-order valence-corrected chi connectivity index (χ2v) is 3.56. The smallest absolute Gasteiger partial charge is 0.211 e. The molecule has 4 N–H and O–H groups in total. The Balaban J connectivity index is 2.28. The van der Waals surface area contributed by atoms with E-state index in [0.29, 0.717) is 5.92 Å². The number of rotatable bonds is 2. The number of nitrogens with zero attached hydrogens (tertiary/aromatic N) is 2. The lowest BCUT2D eigenvalue weighted by Crippen LogP contribution is -2.21. The summed E-state index contributed by atoms with van der Waals surface area (Å²) in [6.45, 7) is 0. The highest BCUT2D eigenvalue weighted by atomic mass is 32.2. The Kier molecular flexibility index (Phi) is 3.22. The number of hydrogen-bond acceptors (Lipinski definition) is 3. The molecule has 0 amide bonds. The summed E-state index contributed by atoms with van der Waals surface area (Å²) < 4.78 is 0. The van der Waals surface area contributed by atoms with Crippen LogP contribution in [0.2, 0.25) is 0 Å². The van der Waals surface area contributed by atoms with Crippen molar-refractivity contribution in [2.24, 2.45) is 27.6 Å². The highest BCUT2D eigenvalue weighted by Crippen LogP contribution is 2.21. The number of hydrogen-bond donors (Lipinski definition) is 2. The molecule has 0 radical (unpaired) electrons. The third kappa shape index (κ3) is 3.27. The Morgan fingerprint density at radius 1 is 1.55 bits per heavy atom. The maximum Gasteiger partial charge on any atom is 0.211 e. The molecule has 1 heterocycles. The summed E-state index contributed by atoms with van der Waals surface area (Å²) in [4.78, 5) is 0. The first kappa shape index (κ1) is 8.39. The molecule has 62 valence electrons. The Hall–Kier alpha value is -0.710. The van der Waals surface area contributed by atoms with Gasteiger partial charge in [-0.1, -0.05) is 0 Å². The fraction of sp³-hybridized carbons (Fsp3) is 0.667. The van der Waals surface area contributed by atoms with Gasteiger partial charge in [-0.3, -0.25) is 0 Å². The summed E-state index contributed by atoms with van der Waals surface area (Å²) in [7, 11) is 0. The van der Waals surface area contributed by atoms with Crippen LogP contribution in [0.1, 0.15) is 6.42 Å². The summed E-state index contributed by atoms with van der Waals surface area (Å²) in [5, 5.41) is 7.27. The van der Waals surface area contributed by atoms with Crippen molar-refractivity contribution >= 4 is 23.9 Å². The van der Waals surface area contributed by atoms with E-state index in [0.717, 1.165) is 5.75 Å². The minimum absolute atomic E-state index is 0.0203. The molecule has 5 heteroatoms. The molecule has 1 saturated heterocycles. The first-order valence-corrected chi connectivity index (χ1v) is 4.64. The molecule has 0 aromatic carbocycles. The second kappa shape index (κ2) is 4.23. The lowest BCUT2D eigenvalue weighted by atomic mass is 10.1. The van der Waals surface area contributed by atoms with Crippen molar-refractivity contribution in [2.75, 3.05) is 11.5 Å². The molecular weight excluding hydrogens is 160 g/mol. The fourth-order valence-electron chi connectivity index (χ4n) is 0.865. The van der Waals surface area contributed by atoms with Crippen LogP contribution in [0.5, 0.6) is 0 Å². The summed E-state index contributed by atoms with van der Waals surface area (Å²) in [6, 6.07) is 0. The quantitative estimate of drug-likeness (QED) is 0.349. The molecule has 1 fully saturated rings. The monoisotopic (exact) mass is 172 g/mol. The zero-order valence-electron chi connectivity index (χ0n) is 6.23. The van der Waals surface area contributed by atoms with Gasteiger partial charge in [-0.2, -0.15) is 16.9 Å². The van der Waals surface area contributed by atoms with Crippen molar-refractivity contribution in [3.8, 4) is 0 Å². The molecule has 4 nitrogen and oxygen atoms in total. The standard InChI is InChI=1S/C6H12N4S/c7-6(8)10-9-3-5-1-2-11-4-5/h3,5H,1-2,4H2,(H4,7,8,10)/b9-3+. The maximum atomic E-state index is 5.09. The molecule has 1 rings (SSSR count). The highest BCUT2D eigenvalue weighted by molar-refractivity contribution is 7.99. The van der Waals surface area contributed by atoms with Crippen LogP contribution in [0.15, 0.2) is 10.2 Å². The molecule has 1 atom stereocenters. The summed E-state index contributed by atoms with van der Waals surface area (Å²) in [5.74, 6) is 2.94. The van der Waals surface area contributed by atoms with Crippen molar-refractivity contribution in [3.63, 3.8) is 0 Å². The Morgan fingerprint density at radius 3 is 2.91 bits per heavy atom. The van der Waals surface area contributed by atoms with Gasteiger partial charge in [0.15, 0.2) is 0 Å². The van der Waals surface area contributed by atoms with E-state index in [9.17, 15) is 0 Å². The predicted octanol–water partition coefficient (Wildman–Crippen LogP) is -0.00130. The van der Waals surface area contributed by atoms with Crippen molar-refractivity contribution < 1.29 is 0 Å². The van der Waals surface area contributed by atoms with Crippen molar-refractivity contribution in [3.05, 3.63) is 0 Å². The van der Waals surface area contributed by atoms with Crippen molar-refractivity contribution in [2.45, 2.75) is 6.42 Å². The zero-order chi connectivity index (χ0) is 8.10. The summed E-state index contributed by atoms with van der Waals surface area (Å²) in [5.41, 5.74) is 10.2. The summed E-state index contributed by atoms with van der Waals surface area (Å²) >= 11 is 1.94. The Bertz CT molecular complexity index is 167. The normalized spacial score (nSPS) is 24.2. The maximum absolute atomic E-state index is 5.09. The first-order valence-electron chi connectivity index (χ1n) is 3.49. The van der Waals surface area contributed by atoms with E-state index < -0.39 is 0 Å². The van der Waals surface area contributed by atoms with E-state index in [1.54, 1.807) is 0 Å². The molecule has 1 aliphatic rings. The van der Waals surface area contributed by atoms with Gasteiger partial charge in [0.05, 0.1) is 0 Å². The lowest BCUT2D eigenvalue weighted by Gasteiger charge is -1.94. The van der Waals surface area contributed by atoms with Gasteiger partial charge >= 0.3 is 0 Å². The molecule has 1 aliphatic heterocycles. The SMILES string of the molecule is NC(N)=N/N=C/C1CCSC1. The molecule has 1 unspecified atom stereocenters. The molecule has 0 spiro atoms. The van der Waals surface area contributed by atoms with Crippen LogP contribution in [-0.2, 0) is 0 Å². The van der Waals surface area contributed by atoms with Crippen LogP contribution in [-0.4, -0.2) is 23.7 Å². The largest absolute Gasteiger partial charge is 0.369 e. The van der Waals surface area contributed by atoms with Crippen molar-refractivity contribution in [1.29, 1.82) is 0 Å². The predicted molar refractivity (Wildman–Crippen MR) is 49.7 cm³/mol. The highest BCUT2D eigenvalue weighted by Gasteiger charge is 2.12. The zero-order valence-corrected chi connectivity index (χ0v) is 7.05. The van der Waals surface area contributed by atoms with Gasteiger partial charge in [0.25, 0.3) is 0 Å². The molecular formula is C6H12N4S. The van der Waals surface area contributed by atoms with Gasteiger partial charge in [0.1, 0.15) is 0 Å². The molecule has 0 saturated carbocycles. The Labute approximate surface area is 70.1 Å². The van der Waals surface area contributed by atoms with E-state index in [2.05, 4.69) is 10.2 Å². The van der Waals surface area contributed by atoms with Crippen LogP contribution >= 0.6 is 11.8 Å². The van der Waals surface area contributed by atoms with E-state index in [4.69, 9.17) is 11.5 Å². The average Bonchev–Trinajstić information content (AvgIpc) is 2.39. The van der Waals surface area contributed by atoms with Crippen LogP contribution in [0.3, 0.4) is 0 Å². The fourth-order valence-corrected chi connectivity index (χ4v) is 2.06. The van der Waals surface area contributed by atoms with E-state index in [1.165, 1.54) is 12.2 Å². The van der Waals surface area contributed by atoms with Crippen LogP contribution < -0.4 is 11.5 Å². The van der Waals surface area contributed by atoms with Crippen LogP contribution in [0.25, 0.3) is 0 Å². The van der Waals surface area contributed by atoms with E-state index in [-0.39, 0.29) is 5.96 Å². The summed E-state index contributed by atoms with van der Waals surface area (Å²) in [6.07, 6.45) is 3.01. The number of thioether (sulfide) groups is 1. The Morgan fingerprint density at radius 2 is 2.36 bits per heavy atom. The van der Waals surface area contributed by atoms with Gasteiger partial charge in [0.2, 0.25) is 5.96 Å². The van der Waals surface area contributed by atoms with E-state index >= 15 is 0 Å². The van der Waals surface area contributed by atoms with Gasteiger partial charge in [-0.15, -0.1) is 5.10 Å². The molecule has 0 aromatic rings. The molecule has 0 aliphatic carbocycles. The number of nitrogens with two attached hydrogens (primary N) is 2. The third-order valence-corrected chi connectivity index (χ3v) is 2.60. The number of guanidine groups is 1. The van der Waals surface area contributed by atoms with Gasteiger partial charge < -0.3 is 11.5 Å². The van der Waals surface area contributed by atoms with E-state index in [1.807, 2.05) is 18.0 Å². The molecule has 0 bridgehead atoms. The van der Waals surface area contributed by atoms with Crippen LogP contribution in [0, 0.1) is 5.92 Å². The minimum Gasteiger partial charge on any atom is -0.369 e. The van der Waals surface area contributed by atoms with Gasteiger partial charge in [-0.05, 0) is 12.2 Å². The average molecular weight is 172 g/mol. The van der Waals surface area contributed by atoms with Crippen molar-refractivity contribution in [1.82, 2.24) is 0 Å². The minimum atomic E-state index is 0.0203.